The molecule has 1 aromatic heterocycles. The number of aromatic nitrogens is 1. The third kappa shape index (κ3) is 2.04. The van der Waals surface area contributed by atoms with Crippen LogP contribution in [0.25, 0.3) is 10.9 Å². The lowest BCUT2D eigenvalue weighted by Gasteiger charge is -2.15. The van der Waals surface area contributed by atoms with Gasteiger partial charge < -0.3 is 14.9 Å². The maximum atomic E-state index is 5.74. The van der Waals surface area contributed by atoms with E-state index in [1.807, 2.05) is 19.1 Å². The summed E-state index contributed by atoms with van der Waals surface area (Å²) in [5, 5.41) is 0.971. The third-order valence-corrected chi connectivity index (χ3v) is 3.66. The van der Waals surface area contributed by atoms with Gasteiger partial charge in [-0.1, -0.05) is 6.92 Å². The smallest absolute Gasteiger partial charge is 0.163 e. The van der Waals surface area contributed by atoms with E-state index >= 15 is 0 Å². The zero-order valence-electron chi connectivity index (χ0n) is 11.8. The van der Waals surface area contributed by atoms with Crippen LogP contribution >= 0.6 is 0 Å². The van der Waals surface area contributed by atoms with E-state index in [0.29, 0.717) is 13.2 Å². The van der Waals surface area contributed by atoms with Gasteiger partial charge in [0.25, 0.3) is 0 Å². The lowest BCUT2D eigenvalue weighted by Crippen LogP contribution is -2.11. The van der Waals surface area contributed by atoms with Crippen molar-refractivity contribution in [2.75, 3.05) is 18.6 Å². The summed E-state index contributed by atoms with van der Waals surface area (Å²) >= 11 is 0. The Morgan fingerprint density at radius 3 is 2.60 bits per heavy atom. The standard InChI is InChI=1S/C15H19N3O2/c1-3-10-9(2)17-12-8-14-13(19-5-4-6-20-14)7-11(12)15(10)18-16/h7-8H,3-6,16H2,1-2H3,(H,17,18). The van der Waals surface area contributed by atoms with Crippen molar-refractivity contribution in [2.45, 2.75) is 26.7 Å². The number of benzene rings is 1. The first-order valence-corrected chi connectivity index (χ1v) is 6.94. The van der Waals surface area contributed by atoms with Crippen molar-refractivity contribution < 1.29 is 9.47 Å². The fourth-order valence-corrected chi connectivity index (χ4v) is 2.68. The topological polar surface area (TPSA) is 69.4 Å². The van der Waals surface area contributed by atoms with Crippen LogP contribution in [0.4, 0.5) is 5.69 Å². The Balaban J connectivity index is 2.28. The molecule has 0 aliphatic carbocycles. The number of hydrazine groups is 1. The number of ether oxygens (including phenoxy) is 2. The average molecular weight is 273 g/mol. The Bertz CT molecular complexity index is 655. The van der Waals surface area contributed by atoms with Crippen molar-refractivity contribution in [1.82, 2.24) is 4.98 Å². The first-order chi connectivity index (χ1) is 9.74. The summed E-state index contributed by atoms with van der Waals surface area (Å²) in [6.45, 7) is 5.44. The predicted octanol–water partition coefficient (Wildman–Crippen LogP) is 2.55. The summed E-state index contributed by atoms with van der Waals surface area (Å²) in [6, 6.07) is 3.90. The predicted molar refractivity (Wildman–Crippen MR) is 79.3 cm³/mol. The molecule has 20 heavy (non-hydrogen) atoms. The third-order valence-electron chi connectivity index (χ3n) is 3.66. The Morgan fingerprint density at radius 1 is 1.25 bits per heavy atom. The van der Waals surface area contributed by atoms with Gasteiger partial charge in [0.2, 0.25) is 0 Å². The van der Waals surface area contributed by atoms with E-state index in [1.54, 1.807) is 0 Å². The van der Waals surface area contributed by atoms with Crippen LogP contribution in [-0.4, -0.2) is 18.2 Å². The van der Waals surface area contributed by atoms with Crippen molar-refractivity contribution in [3.63, 3.8) is 0 Å². The van der Waals surface area contributed by atoms with E-state index in [9.17, 15) is 0 Å². The van der Waals surface area contributed by atoms with E-state index in [-0.39, 0.29) is 0 Å². The van der Waals surface area contributed by atoms with Gasteiger partial charge in [0, 0.05) is 23.6 Å². The number of nitrogens with zero attached hydrogens (tertiary/aromatic N) is 1. The van der Waals surface area contributed by atoms with Gasteiger partial charge in [-0.25, -0.2) is 0 Å². The molecule has 0 spiro atoms. The van der Waals surface area contributed by atoms with Crippen LogP contribution < -0.4 is 20.7 Å². The van der Waals surface area contributed by atoms with Crippen LogP contribution in [0.5, 0.6) is 11.5 Å². The number of fused-ring (bicyclic) bond motifs is 2. The molecule has 0 saturated heterocycles. The first kappa shape index (κ1) is 13.0. The van der Waals surface area contributed by atoms with Gasteiger partial charge in [-0.15, -0.1) is 0 Å². The zero-order chi connectivity index (χ0) is 14.1. The number of pyridine rings is 1. The Hall–Kier alpha value is -2.01. The van der Waals surface area contributed by atoms with Gasteiger partial charge >= 0.3 is 0 Å². The Labute approximate surface area is 118 Å². The lowest BCUT2D eigenvalue weighted by molar-refractivity contribution is 0.297. The highest BCUT2D eigenvalue weighted by Gasteiger charge is 2.16. The number of hydrogen-bond acceptors (Lipinski definition) is 5. The first-order valence-electron chi connectivity index (χ1n) is 6.94. The van der Waals surface area contributed by atoms with E-state index in [4.69, 9.17) is 15.3 Å². The molecule has 1 aromatic carbocycles. The van der Waals surface area contributed by atoms with Gasteiger partial charge in [-0.3, -0.25) is 10.8 Å². The van der Waals surface area contributed by atoms with Crippen molar-refractivity contribution in [3.8, 4) is 11.5 Å². The Kier molecular flexibility index (Phi) is 3.36. The second-order valence-electron chi connectivity index (χ2n) is 4.92. The molecule has 0 amide bonds. The molecule has 0 radical (unpaired) electrons. The average Bonchev–Trinajstić information content (AvgIpc) is 2.68. The lowest BCUT2D eigenvalue weighted by atomic mass is 10.0. The summed E-state index contributed by atoms with van der Waals surface area (Å²) in [6.07, 6.45) is 1.77. The van der Waals surface area contributed by atoms with Crippen LogP contribution in [0.3, 0.4) is 0 Å². The Morgan fingerprint density at radius 2 is 1.95 bits per heavy atom. The minimum Gasteiger partial charge on any atom is -0.490 e. The molecule has 2 heterocycles. The molecule has 5 nitrogen and oxygen atoms in total. The van der Waals surface area contributed by atoms with Crippen molar-refractivity contribution in [1.29, 1.82) is 0 Å². The summed E-state index contributed by atoms with van der Waals surface area (Å²) in [7, 11) is 0. The summed E-state index contributed by atoms with van der Waals surface area (Å²) in [4.78, 5) is 4.66. The van der Waals surface area contributed by atoms with E-state index in [1.165, 1.54) is 0 Å². The van der Waals surface area contributed by atoms with Crippen LogP contribution in [0.15, 0.2) is 12.1 Å². The molecule has 0 fully saturated rings. The van der Waals surface area contributed by atoms with Crippen molar-refractivity contribution in [3.05, 3.63) is 23.4 Å². The minimum atomic E-state index is 0.670. The molecule has 0 saturated carbocycles. The van der Waals surface area contributed by atoms with Gasteiger partial charge in [0.15, 0.2) is 11.5 Å². The van der Waals surface area contributed by atoms with Crippen LogP contribution in [-0.2, 0) is 6.42 Å². The van der Waals surface area contributed by atoms with E-state index in [2.05, 4.69) is 17.3 Å². The van der Waals surface area contributed by atoms with Crippen molar-refractivity contribution in [2.24, 2.45) is 5.84 Å². The monoisotopic (exact) mass is 273 g/mol. The van der Waals surface area contributed by atoms with Crippen LogP contribution in [0, 0.1) is 6.92 Å². The number of aryl methyl sites for hydroxylation is 1. The fourth-order valence-electron chi connectivity index (χ4n) is 2.68. The van der Waals surface area contributed by atoms with Gasteiger partial charge in [0.1, 0.15) is 0 Å². The normalized spacial score (nSPS) is 14.2. The highest BCUT2D eigenvalue weighted by Crippen LogP contribution is 2.38. The summed E-state index contributed by atoms with van der Waals surface area (Å²) in [5.74, 6) is 7.24. The molecule has 1 aliphatic heterocycles. The molecule has 0 unspecified atom stereocenters. The minimum absolute atomic E-state index is 0.670. The van der Waals surface area contributed by atoms with E-state index in [0.717, 1.165) is 52.2 Å². The molecule has 5 heteroatoms. The molecule has 106 valence electrons. The van der Waals surface area contributed by atoms with E-state index < -0.39 is 0 Å². The number of nitrogens with one attached hydrogen (secondary N) is 1. The molecular weight excluding hydrogens is 254 g/mol. The number of rotatable bonds is 2. The van der Waals surface area contributed by atoms with Gasteiger partial charge in [-0.2, -0.15) is 0 Å². The number of nitrogens with two attached hydrogens (primary N) is 1. The number of anilines is 1. The van der Waals surface area contributed by atoms with Crippen LogP contribution in [0.2, 0.25) is 0 Å². The molecular formula is C15H19N3O2. The molecule has 1 aliphatic rings. The highest BCUT2D eigenvalue weighted by atomic mass is 16.5. The zero-order valence-corrected chi connectivity index (χ0v) is 11.8. The fraction of sp³-hybridized carbons (Fsp3) is 0.400. The van der Waals surface area contributed by atoms with Gasteiger partial charge in [0.05, 0.1) is 24.4 Å². The van der Waals surface area contributed by atoms with Crippen molar-refractivity contribution >= 4 is 16.6 Å². The highest BCUT2D eigenvalue weighted by molar-refractivity contribution is 5.95. The number of hydrogen-bond donors (Lipinski definition) is 2. The van der Waals surface area contributed by atoms with Crippen LogP contribution in [0.1, 0.15) is 24.6 Å². The number of nitrogen functional groups attached to an aromatic ring is 1. The maximum absolute atomic E-state index is 5.74. The quantitative estimate of drug-likeness (QED) is 0.650. The summed E-state index contributed by atoms with van der Waals surface area (Å²) < 4.78 is 11.4. The largest absolute Gasteiger partial charge is 0.490 e. The second-order valence-corrected chi connectivity index (χ2v) is 4.92. The van der Waals surface area contributed by atoms with Gasteiger partial charge in [-0.05, 0) is 25.0 Å². The molecule has 3 N–H and O–H groups in total. The second kappa shape index (κ2) is 5.17. The molecule has 3 rings (SSSR count). The maximum Gasteiger partial charge on any atom is 0.163 e. The summed E-state index contributed by atoms with van der Waals surface area (Å²) in [5.41, 5.74) is 6.73. The molecule has 0 atom stereocenters. The molecule has 2 aromatic rings. The molecule has 0 bridgehead atoms. The SMILES string of the molecule is CCc1c(C)nc2cc3c(cc2c1NN)OCCCO3.